The van der Waals surface area contributed by atoms with Gasteiger partial charge in [-0.25, -0.2) is 0 Å². The molecule has 1 aromatic carbocycles. The number of hydrogen-bond donors (Lipinski definition) is 1. The highest BCUT2D eigenvalue weighted by molar-refractivity contribution is 8.04. The fraction of sp³-hybridized carbons (Fsp3) is 0.412. The topological polar surface area (TPSA) is 50.7 Å². The minimum absolute atomic E-state index is 0.161. The lowest BCUT2D eigenvalue weighted by Gasteiger charge is -2.28. The highest BCUT2D eigenvalue weighted by Crippen LogP contribution is 2.36. The molecule has 0 saturated carbocycles. The molecule has 0 fully saturated rings. The van der Waals surface area contributed by atoms with Gasteiger partial charge in [-0.3, -0.25) is 9.79 Å². The smallest absolute Gasteiger partial charge is 0.155 e. The number of ketones is 1. The van der Waals surface area contributed by atoms with Crippen molar-refractivity contribution in [1.82, 2.24) is 0 Å². The van der Waals surface area contributed by atoms with E-state index in [9.17, 15) is 4.79 Å². The van der Waals surface area contributed by atoms with E-state index in [0.29, 0.717) is 0 Å². The summed E-state index contributed by atoms with van der Waals surface area (Å²) in [7, 11) is 1.67. The number of ether oxygens (including phenoxy) is 1. The Morgan fingerprint density at radius 2 is 2.09 bits per heavy atom. The van der Waals surface area contributed by atoms with Crippen molar-refractivity contribution >= 4 is 28.9 Å². The summed E-state index contributed by atoms with van der Waals surface area (Å²) in [5.74, 6) is 1.77. The van der Waals surface area contributed by atoms with E-state index in [0.717, 1.165) is 42.2 Å². The van der Waals surface area contributed by atoms with Gasteiger partial charge in [0.15, 0.2) is 5.78 Å². The van der Waals surface area contributed by atoms with Gasteiger partial charge >= 0.3 is 0 Å². The fourth-order valence-corrected chi connectivity index (χ4v) is 3.97. The number of thioether (sulfide) groups is 1. The number of carbonyl (C=O) groups is 1. The molecule has 1 N–H and O–H groups in total. The SMILES string of the molecule is COc1ccc(NC2=C3SCC(C(C)=O)N=C3CCC2)cc1. The molecule has 22 heavy (non-hydrogen) atoms. The zero-order chi connectivity index (χ0) is 15.5. The zero-order valence-corrected chi connectivity index (χ0v) is 13.7. The average Bonchev–Trinajstić information content (AvgIpc) is 2.55. The number of methoxy groups -OCH3 is 1. The Hall–Kier alpha value is -1.75. The van der Waals surface area contributed by atoms with Crippen molar-refractivity contribution in [3.8, 4) is 5.75 Å². The van der Waals surface area contributed by atoms with Crippen LogP contribution in [0.5, 0.6) is 5.75 Å². The minimum atomic E-state index is -0.163. The summed E-state index contributed by atoms with van der Waals surface area (Å²) in [6, 6.07) is 7.77. The highest BCUT2D eigenvalue weighted by Gasteiger charge is 2.27. The molecule has 0 aromatic heterocycles. The van der Waals surface area contributed by atoms with E-state index in [1.807, 2.05) is 24.3 Å². The number of nitrogens with zero attached hydrogens (tertiary/aromatic N) is 1. The van der Waals surface area contributed by atoms with Crippen molar-refractivity contribution < 1.29 is 9.53 Å². The number of allylic oxidation sites excluding steroid dienone is 2. The molecule has 0 bridgehead atoms. The molecule has 4 nitrogen and oxygen atoms in total. The third-order valence-electron chi connectivity index (χ3n) is 3.93. The molecule has 1 atom stereocenters. The largest absolute Gasteiger partial charge is 0.497 e. The summed E-state index contributed by atoms with van der Waals surface area (Å²) >= 11 is 1.76. The first-order valence-corrected chi connectivity index (χ1v) is 8.50. The molecule has 0 amide bonds. The van der Waals surface area contributed by atoms with Crippen LogP contribution < -0.4 is 10.1 Å². The Labute approximate surface area is 135 Å². The Morgan fingerprint density at radius 3 is 2.77 bits per heavy atom. The first-order valence-electron chi connectivity index (χ1n) is 7.52. The zero-order valence-electron chi connectivity index (χ0n) is 12.9. The molecule has 1 unspecified atom stereocenters. The summed E-state index contributed by atoms with van der Waals surface area (Å²) in [6.45, 7) is 1.63. The van der Waals surface area contributed by atoms with Crippen molar-refractivity contribution in [1.29, 1.82) is 0 Å². The van der Waals surface area contributed by atoms with Gasteiger partial charge in [-0.05, 0) is 50.5 Å². The summed E-state index contributed by atoms with van der Waals surface area (Å²) in [5.41, 5.74) is 3.37. The molecule has 1 aliphatic heterocycles. The Balaban J connectivity index is 1.83. The number of rotatable bonds is 4. The van der Waals surface area contributed by atoms with E-state index >= 15 is 0 Å². The maximum absolute atomic E-state index is 11.5. The molecular weight excluding hydrogens is 296 g/mol. The molecular formula is C17H20N2O2S. The van der Waals surface area contributed by atoms with Gasteiger partial charge in [0.05, 0.1) is 12.8 Å². The number of Topliss-reactive ketones (excluding diaryl/α,β-unsaturated/α-hetero) is 1. The number of hydrogen-bond acceptors (Lipinski definition) is 5. The molecule has 0 radical (unpaired) electrons. The summed E-state index contributed by atoms with van der Waals surface area (Å²) in [5, 5.41) is 3.51. The van der Waals surface area contributed by atoms with Crippen LogP contribution in [0, 0.1) is 0 Å². The maximum atomic E-state index is 11.5. The van der Waals surface area contributed by atoms with Gasteiger partial charge in [-0.1, -0.05) is 0 Å². The summed E-state index contributed by atoms with van der Waals surface area (Å²) < 4.78 is 5.18. The van der Waals surface area contributed by atoms with Crippen LogP contribution in [0.4, 0.5) is 5.69 Å². The molecule has 0 spiro atoms. The number of aliphatic imine (C=N–C) groups is 1. The minimum Gasteiger partial charge on any atom is -0.497 e. The van der Waals surface area contributed by atoms with Crippen LogP contribution >= 0.6 is 11.8 Å². The van der Waals surface area contributed by atoms with Crippen molar-refractivity contribution in [2.75, 3.05) is 18.2 Å². The molecule has 0 saturated heterocycles. The third kappa shape index (κ3) is 3.19. The predicted octanol–water partition coefficient (Wildman–Crippen LogP) is 3.65. The van der Waals surface area contributed by atoms with Crippen molar-refractivity contribution in [3.63, 3.8) is 0 Å². The lowest BCUT2D eigenvalue weighted by Crippen LogP contribution is -2.28. The van der Waals surface area contributed by atoms with Gasteiger partial charge < -0.3 is 10.1 Å². The Bertz CT molecular complexity index is 635. The molecule has 1 heterocycles. The van der Waals surface area contributed by atoms with Crippen molar-refractivity contribution in [3.05, 3.63) is 34.9 Å². The second kappa shape index (κ2) is 6.57. The van der Waals surface area contributed by atoms with Gasteiger partial charge in [0.25, 0.3) is 0 Å². The quantitative estimate of drug-likeness (QED) is 0.921. The summed E-state index contributed by atoms with van der Waals surface area (Å²) in [6.07, 6.45) is 3.07. The van der Waals surface area contributed by atoms with Gasteiger partial charge in [0.1, 0.15) is 11.8 Å². The van der Waals surface area contributed by atoms with E-state index in [1.54, 1.807) is 25.8 Å². The first-order chi connectivity index (χ1) is 10.7. The molecule has 2 aliphatic rings. The second-order valence-corrected chi connectivity index (χ2v) is 6.56. The van der Waals surface area contributed by atoms with Gasteiger partial charge in [0, 0.05) is 22.0 Å². The molecule has 1 aromatic rings. The summed E-state index contributed by atoms with van der Waals surface area (Å²) in [4.78, 5) is 17.4. The van der Waals surface area contributed by atoms with Crippen LogP contribution in [-0.4, -0.2) is 30.4 Å². The van der Waals surface area contributed by atoms with Gasteiger partial charge in [0.2, 0.25) is 0 Å². The monoisotopic (exact) mass is 316 g/mol. The molecule has 3 rings (SSSR count). The van der Waals surface area contributed by atoms with Gasteiger partial charge in [-0.15, -0.1) is 11.8 Å². The van der Waals surface area contributed by atoms with E-state index in [-0.39, 0.29) is 11.8 Å². The second-order valence-electron chi connectivity index (χ2n) is 5.53. The Kier molecular flexibility index (Phi) is 4.52. The van der Waals surface area contributed by atoms with Crippen LogP contribution in [-0.2, 0) is 4.79 Å². The molecule has 116 valence electrons. The highest BCUT2D eigenvalue weighted by atomic mass is 32.2. The number of carbonyl (C=O) groups excluding carboxylic acids is 1. The normalized spacial score (nSPS) is 21.0. The maximum Gasteiger partial charge on any atom is 0.155 e. The number of nitrogens with one attached hydrogen (secondary N) is 1. The van der Waals surface area contributed by atoms with Crippen molar-refractivity contribution in [2.45, 2.75) is 32.2 Å². The number of fused-ring (bicyclic) bond motifs is 1. The lowest BCUT2D eigenvalue weighted by atomic mass is 10.0. The van der Waals surface area contributed by atoms with E-state index in [2.05, 4.69) is 10.3 Å². The lowest BCUT2D eigenvalue weighted by molar-refractivity contribution is -0.117. The van der Waals surface area contributed by atoms with Crippen LogP contribution in [0.25, 0.3) is 0 Å². The van der Waals surface area contributed by atoms with Crippen molar-refractivity contribution in [2.24, 2.45) is 4.99 Å². The van der Waals surface area contributed by atoms with Crippen LogP contribution in [0.1, 0.15) is 26.2 Å². The van der Waals surface area contributed by atoms with Gasteiger partial charge in [-0.2, -0.15) is 0 Å². The molecule has 1 aliphatic carbocycles. The van der Waals surface area contributed by atoms with E-state index in [1.165, 1.54) is 10.6 Å². The van der Waals surface area contributed by atoms with E-state index < -0.39 is 0 Å². The number of benzene rings is 1. The van der Waals surface area contributed by atoms with Crippen LogP contribution in [0.2, 0.25) is 0 Å². The predicted molar refractivity (Wildman–Crippen MR) is 91.9 cm³/mol. The fourth-order valence-electron chi connectivity index (χ4n) is 2.69. The van der Waals surface area contributed by atoms with E-state index in [4.69, 9.17) is 4.74 Å². The third-order valence-corrected chi connectivity index (χ3v) is 5.18. The van der Waals surface area contributed by atoms with Crippen LogP contribution in [0.3, 0.4) is 0 Å². The number of anilines is 1. The molecule has 5 heteroatoms. The first kappa shape index (κ1) is 15.2. The average molecular weight is 316 g/mol. The van der Waals surface area contributed by atoms with Crippen LogP contribution in [0.15, 0.2) is 39.9 Å². The Morgan fingerprint density at radius 1 is 1.32 bits per heavy atom. The standard InChI is InChI=1S/C17H20N2O2S/c1-11(20)16-10-22-17-14(4-3-5-15(17)19-16)18-12-6-8-13(21-2)9-7-12/h6-9,16,18H,3-5,10H2,1-2H3.